The fraction of sp³-hybridized carbons (Fsp3) is 0.429. The summed E-state index contributed by atoms with van der Waals surface area (Å²) in [6.07, 6.45) is 1.42. The van der Waals surface area contributed by atoms with Crippen LogP contribution in [0.15, 0.2) is 24.3 Å². The molecule has 1 aromatic rings. The number of hydrogen-bond donors (Lipinski definition) is 0. The van der Waals surface area contributed by atoms with E-state index in [1.807, 2.05) is 6.92 Å². The molecule has 0 radical (unpaired) electrons. The van der Waals surface area contributed by atoms with Gasteiger partial charge in [-0.2, -0.15) is 0 Å². The van der Waals surface area contributed by atoms with Gasteiger partial charge < -0.3 is 9.47 Å². The van der Waals surface area contributed by atoms with E-state index in [1.54, 1.807) is 31.2 Å². The van der Waals surface area contributed by atoms with Gasteiger partial charge in [-0.1, -0.05) is 25.5 Å². The Balaban J connectivity index is 2.82. The van der Waals surface area contributed by atoms with Crippen LogP contribution in [-0.2, 0) is 9.53 Å². The quantitative estimate of drug-likeness (QED) is 0.551. The third kappa shape index (κ3) is 3.87. The number of para-hydroxylation sites is 1. The molecular weight excluding hydrogens is 232 g/mol. The number of rotatable bonds is 7. The lowest BCUT2D eigenvalue weighted by atomic mass is 10.2. The minimum atomic E-state index is -0.656. The third-order valence-electron chi connectivity index (χ3n) is 2.42. The van der Waals surface area contributed by atoms with E-state index in [1.165, 1.54) is 0 Å². The average molecular weight is 250 g/mol. The van der Waals surface area contributed by atoms with Crippen molar-refractivity contribution in [3.05, 3.63) is 29.8 Å². The van der Waals surface area contributed by atoms with Crippen molar-refractivity contribution in [3.8, 4) is 5.75 Å². The average Bonchev–Trinajstić information content (AvgIpc) is 2.39. The Hall–Kier alpha value is -1.84. The first-order valence-corrected chi connectivity index (χ1v) is 6.10. The van der Waals surface area contributed by atoms with E-state index in [-0.39, 0.29) is 5.97 Å². The maximum atomic E-state index is 11.7. The maximum Gasteiger partial charge on any atom is 0.347 e. The van der Waals surface area contributed by atoms with E-state index in [9.17, 15) is 9.59 Å². The summed E-state index contributed by atoms with van der Waals surface area (Å²) in [5.41, 5.74) is 0.433. The van der Waals surface area contributed by atoms with Crippen LogP contribution in [0.4, 0.5) is 0 Å². The lowest BCUT2D eigenvalue weighted by Crippen LogP contribution is -2.29. The molecule has 0 spiro atoms. The van der Waals surface area contributed by atoms with Gasteiger partial charge in [0.15, 0.2) is 12.4 Å². The van der Waals surface area contributed by atoms with Gasteiger partial charge in [0.2, 0.25) is 0 Å². The molecule has 98 valence electrons. The summed E-state index contributed by atoms with van der Waals surface area (Å²) in [5.74, 6) is 0.0269. The number of benzene rings is 1. The molecule has 0 N–H and O–H groups in total. The van der Waals surface area contributed by atoms with Gasteiger partial charge in [-0.3, -0.25) is 4.79 Å². The summed E-state index contributed by atoms with van der Waals surface area (Å²) in [6.45, 7) is 4.03. The van der Waals surface area contributed by atoms with E-state index in [0.29, 0.717) is 30.6 Å². The zero-order valence-electron chi connectivity index (χ0n) is 10.7. The van der Waals surface area contributed by atoms with Crippen LogP contribution < -0.4 is 4.74 Å². The topological polar surface area (TPSA) is 52.6 Å². The number of hydrogen-bond acceptors (Lipinski definition) is 4. The van der Waals surface area contributed by atoms with E-state index in [4.69, 9.17) is 9.47 Å². The fourth-order valence-corrected chi connectivity index (χ4v) is 1.56. The molecular formula is C14H18O4. The summed E-state index contributed by atoms with van der Waals surface area (Å²) in [4.78, 5) is 22.6. The fourth-order valence-electron chi connectivity index (χ4n) is 1.56. The molecule has 1 aromatic carbocycles. The first-order chi connectivity index (χ1) is 8.72. The molecule has 0 aliphatic carbocycles. The molecule has 0 bridgehead atoms. The van der Waals surface area contributed by atoms with Gasteiger partial charge in [0.05, 0.1) is 12.2 Å². The lowest BCUT2D eigenvalue weighted by Gasteiger charge is -2.17. The highest BCUT2D eigenvalue weighted by molar-refractivity contribution is 5.80. The van der Waals surface area contributed by atoms with Crippen LogP contribution in [0, 0.1) is 0 Å². The molecule has 0 aliphatic heterocycles. The first-order valence-electron chi connectivity index (χ1n) is 6.10. The summed E-state index contributed by atoms with van der Waals surface area (Å²) in [6, 6.07) is 6.83. The standard InChI is InChI=1S/C14H18O4/c1-3-7-13(14(16)17-4-2)18-12-9-6-5-8-11(12)10-15/h5-6,8-10,13H,3-4,7H2,1-2H3. The van der Waals surface area contributed by atoms with Crippen molar-refractivity contribution in [2.45, 2.75) is 32.8 Å². The second kappa shape index (κ2) is 7.48. The Kier molecular flexibility index (Phi) is 5.91. The minimum Gasteiger partial charge on any atom is -0.478 e. The van der Waals surface area contributed by atoms with Crippen molar-refractivity contribution < 1.29 is 19.1 Å². The van der Waals surface area contributed by atoms with Crippen molar-refractivity contribution in [2.75, 3.05) is 6.61 Å². The molecule has 0 saturated carbocycles. The second-order valence-electron chi connectivity index (χ2n) is 3.80. The van der Waals surface area contributed by atoms with Crippen molar-refractivity contribution in [1.82, 2.24) is 0 Å². The highest BCUT2D eigenvalue weighted by Gasteiger charge is 2.21. The molecule has 0 saturated heterocycles. The van der Waals surface area contributed by atoms with E-state index < -0.39 is 6.10 Å². The van der Waals surface area contributed by atoms with Gasteiger partial charge in [0.1, 0.15) is 5.75 Å². The van der Waals surface area contributed by atoms with Gasteiger partial charge in [-0.05, 0) is 25.5 Å². The number of aldehydes is 1. The number of carbonyl (C=O) groups excluding carboxylic acids is 2. The Morgan fingerprint density at radius 2 is 2.06 bits per heavy atom. The predicted molar refractivity (Wildman–Crippen MR) is 67.8 cm³/mol. The van der Waals surface area contributed by atoms with Crippen LogP contribution in [0.25, 0.3) is 0 Å². The zero-order valence-corrected chi connectivity index (χ0v) is 10.7. The normalized spacial score (nSPS) is 11.7. The lowest BCUT2D eigenvalue weighted by molar-refractivity contribution is -0.151. The number of carbonyl (C=O) groups is 2. The number of esters is 1. The van der Waals surface area contributed by atoms with Crippen LogP contribution in [0.3, 0.4) is 0 Å². The molecule has 1 unspecified atom stereocenters. The molecule has 0 heterocycles. The molecule has 18 heavy (non-hydrogen) atoms. The molecule has 4 nitrogen and oxygen atoms in total. The van der Waals surface area contributed by atoms with Gasteiger partial charge in [-0.25, -0.2) is 4.79 Å². The zero-order chi connectivity index (χ0) is 13.4. The van der Waals surface area contributed by atoms with Crippen molar-refractivity contribution >= 4 is 12.3 Å². The van der Waals surface area contributed by atoms with Crippen LogP contribution in [0.5, 0.6) is 5.75 Å². The number of ether oxygens (including phenoxy) is 2. The van der Waals surface area contributed by atoms with Crippen LogP contribution in [0.2, 0.25) is 0 Å². The molecule has 0 aromatic heterocycles. The van der Waals surface area contributed by atoms with E-state index in [0.717, 1.165) is 6.42 Å². The molecule has 4 heteroatoms. The maximum absolute atomic E-state index is 11.7. The minimum absolute atomic E-state index is 0.317. The van der Waals surface area contributed by atoms with Gasteiger partial charge in [-0.15, -0.1) is 0 Å². The Bertz CT molecular complexity index is 401. The summed E-state index contributed by atoms with van der Waals surface area (Å²) in [7, 11) is 0. The molecule has 0 amide bonds. The smallest absolute Gasteiger partial charge is 0.347 e. The Morgan fingerprint density at radius 3 is 2.67 bits per heavy atom. The second-order valence-corrected chi connectivity index (χ2v) is 3.80. The monoisotopic (exact) mass is 250 g/mol. The van der Waals surface area contributed by atoms with Gasteiger partial charge in [0.25, 0.3) is 0 Å². The third-order valence-corrected chi connectivity index (χ3v) is 2.42. The Labute approximate surface area is 107 Å². The van der Waals surface area contributed by atoms with Crippen molar-refractivity contribution in [2.24, 2.45) is 0 Å². The van der Waals surface area contributed by atoms with Crippen molar-refractivity contribution in [1.29, 1.82) is 0 Å². The predicted octanol–water partition coefficient (Wildman–Crippen LogP) is 2.61. The SMILES string of the molecule is CCCC(Oc1ccccc1C=O)C(=O)OCC. The highest BCUT2D eigenvalue weighted by atomic mass is 16.6. The largest absolute Gasteiger partial charge is 0.478 e. The van der Waals surface area contributed by atoms with E-state index >= 15 is 0 Å². The van der Waals surface area contributed by atoms with Crippen molar-refractivity contribution in [3.63, 3.8) is 0 Å². The summed E-state index contributed by atoms with van der Waals surface area (Å²) < 4.78 is 10.5. The van der Waals surface area contributed by atoms with Crippen LogP contribution in [0.1, 0.15) is 37.0 Å². The van der Waals surface area contributed by atoms with Gasteiger partial charge in [0, 0.05) is 0 Å². The molecule has 1 atom stereocenters. The summed E-state index contributed by atoms with van der Waals surface area (Å²) in [5, 5.41) is 0. The summed E-state index contributed by atoms with van der Waals surface area (Å²) >= 11 is 0. The Morgan fingerprint density at radius 1 is 1.33 bits per heavy atom. The highest BCUT2D eigenvalue weighted by Crippen LogP contribution is 2.19. The van der Waals surface area contributed by atoms with Crippen LogP contribution >= 0.6 is 0 Å². The molecule has 0 aliphatic rings. The van der Waals surface area contributed by atoms with Crippen LogP contribution in [-0.4, -0.2) is 25.0 Å². The first kappa shape index (κ1) is 14.2. The molecule has 1 rings (SSSR count). The molecule has 0 fully saturated rings. The van der Waals surface area contributed by atoms with E-state index in [2.05, 4.69) is 0 Å². The van der Waals surface area contributed by atoms with Gasteiger partial charge >= 0.3 is 5.97 Å².